The molecule has 0 bridgehead atoms. The molecule has 0 atom stereocenters. The molecule has 0 aliphatic rings. The van der Waals surface area contributed by atoms with Gasteiger partial charge < -0.3 is 0 Å². The second kappa shape index (κ2) is 3.33. The predicted octanol–water partition coefficient (Wildman–Crippen LogP) is 0.634. The van der Waals surface area contributed by atoms with Gasteiger partial charge in [-0.25, -0.2) is 9.97 Å². The molecule has 7 nitrogen and oxygen atoms in total. The predicted molar refractivity (Wildman–Crippen MR) is 61.6 cm³/mol. The molecule has 0 aliphatic carbocycles. The van der Waals surface area contributed by atoms with Crippen LogP contribution >= 0.6 is 0 Å². The Bertz CT molecular complexity index is 844. The molecule has 4 aromatic rings. The summed E-state index contributed by atoms with van der Waals surface area (Å²) < 4.78 is 3.44. The highest BCUT2D eigenvalue weighted by molar-refractivity contribution is 5.75. The van der Waals surface area contributed by atoms with E-state index in [4.69, 9.17) is 0 Å². The third-order valence-corrected chi connectivity index (χ3v) is 2.69. The molecule has 4 heterocycles. The van der Waals surface area contributed by atoms with Crippen LogP contribution in [0.5, 0.6) is 0 Å². The zero-order valence-corrected chi connectivity index (χ0v) is 9.09. The molecular weight excluding hydrogens is 230 g/mol. The van der Waals surface area contributed by atoms with E-state index in [-0.39, 0.29) is 0 Å². The van der Waals surface area contributed by atoms with Gasteiger partial charge in [-0.3, -0.25) is 4.40 Å². The minimum absolute atomic E-state index is 0.616. The number of imidazole rings is 1. The molecule has 0 spiro atoms. The number of fused-ring (bicyclic) bond motifs is 2. The van der Waals surface area contributed by atoms with E-state index >= 15 is 0 Å². The molecule has 7 heteroatoms. The zero-order valence-electron chi connectivity index (χ0n) is 9.09. The summed E-state index contributed by atoms with van der Waals surface area (Å²) in [7, 11) is 0. The Labute approximate surface area is 101 Å². The molecule has 0 aromatic carbocycles. The van der Waals surface area contributed by atoms with Gasteiger partial charge in [0, 0.05) is 35.9 Å². The molecule has 0 saturated carbocycles. The van der Waals surface area contributed by atoms with E-state index in [2.05, 4.69) is 31.5 Å². The molecule has 0 unspecified atom stereocenters. The highest BCUT2D eigenvalue weighted by atomic mass is 15.3. The quantitative estimate of drug-likeness (QED) is 0.484. The second-order valence-electron chi connectivity index (χ2n) is 3.74. The Morgan fingerprint density at radius 3 is 3.22 bits per heavy atom. The fourth-order valence-corrected chi connectivity index (χ4v) is 1.86. The topological polar surface area (TPSA) is 73.3 Å². The van der Waals surface area contributed by atoms with Crippen molar-refractivity contribution in [1.82, 2.24) is 34.2 Å². The molecule has 4 aromatic heterocycles. The molecule has 0 N–H and O–H groups in total. The van der Waals surface area contributed by atoms with E-state index in [1.165, 1.54) is 0 Å². The van der Waals surface area contributed by atoms with Crippen molar-refractivity contribution in [2.75, 3.05) is 0 Å². The minimum Gasteiger partial charge on any atom is -0.291 e. The highest BCUT2D eigenvalue weighted by Gasteiger charge is 2.08. The fourth-order valence-electron chi connectivity index (χ4n) is 1.86. The maximum Gasteiger partial charge on any atom is 0.234 e. The first-order valence-electron chi connectivity index (χ1n) is 5.28. The van der Waals surface area contributed by atoms with Crippen molar-refractivity contribution in [1.29, 1.82) is 0 Å². The molecule has 85 valence electrons. The van der Waals surface area contributed by atoms with Gasteiger partial charge in [-0.15, -0.1) is 10.2 Å². The minimum atomic E-state index is 0.616. The number of nitrogens with zero attached hydrogens (tertiary/aromatic N) is 7. The normalized spacial score (nSPS) is 11.3. The van der Waals surface area contributed by atoms with Crippen molar-refractivity contribution >= 4 is 11.4 Å². The van der Waals surface area contributed by atoms with Gasteiger partial charge in [0.15, 0.2) is 5.65 Å². The van der Waals surface area contributed by atoms with Crippen LogP contribution in [0, 0.1) is 6.20 Å². The Kier molecular flexibility index (Phi) is 1.71. The summed E-state index contributed by atoms with van der Waals surface area (Å²) in [5.41, 5.74) is 2.38. The number of aromatic nitrogens is 7. The lowest BCUT2D eigenvalue weighted by atomic mass is 10.1. The third kappa shape index (κ3) is 1.21. The first-order valence-corrected chi connectivity index (χ1v) is 5.28. The largest absolute Gasteiger partial charge is 0.291 e. The molecule has 0 aliphatic heterocycles. The van der Waals surface area contributed by atoms with E-state index < -0.39 is 0 Å². The van der Waals surface area contributed by atoms with Crippen LogP contribution in [0.2, 0.25) is 0 Å². The van der Waals surface area contributed by atoms with E-state index in [1.807, 2.05) is 22.9 Å². The van der Waals surface area contributed by atoms with E-state index in [0.717, 1.165) is 11.1 Å². The molecule has 0 saturated heterocycles. The Hall–Kier alpha value is -2.83. The van der Waals surface area contributed by atoms with Gasteiger partial charge in [0.25, 0.3) is 0 Å². The summed E-state index contributed by atoms with van der Waals surface area (Å²) >= 11 is 0. The fraction of sp³-hybridized carbons (Fsp3) is 0. The molecule has 4 rings (SSSR count). The molecule has 1 radical (unpaired) electrons. The second-order valence-corrected chi connectivity index (χ2v) is 3.74. The smallest absolute Gasteiger partial charge is 0.234 e. The standard InChI is InChI=1S/C11H6N7/c1-2-15-18-7-14-16-10(18)9(1)8-5-13-11-12-3-4-17(11)6-8/h1-4,6-7H. The number of rotatable bonds is 1. The lowest BCUT2D eigenvalue weighted by Gasteiger charge is -2.02. The van der Waals surface area contributed by atoms with Crippen LogP contribution in [0.1, 0.15) is 0 Å². The summed E-state index contributed by atoms with van der Waals surface area (Å²) in [6.07, 6.45) is 11.6. The maximum atomic E-state index is 4.16. The van der Waals surface area contributed by atoms with Crippen LogP contribution in [-0.4, -0.2) is 34.2 Å². The van der Waals surface area contributed by atoms with Gasteiger partial charge in [-0.1, -0.05) is 0 Å². The van der Waals surface area contributed by atoms with Crippen molar-refractivity contribution in [2.24, 2.45) is 0 Å². The van der Waals surface area contributed by atoms with Crippen LogP contribution in [0.3, 0.4) is 0 Å². The highest BCUT2D eigenvalue weighted by Crippen LogP contribution is 2.20. The van der Waals surface area contributed by atoms with Crippen molar-refractivity contribution < 1.29 is 0 Å². The van der Waals surface area contributed by atoms with Gasteiger partial charge in [-0.05, 0) is 6.07 Å². The average molecular weight is 236 g/mol. The number of hydrogen-bond donors (Lipinski definition) is 0. The van der Waals surface area contributed by atoms with Gasteiger partial charge >= 0.3 is 0 Å². The summed E-state index contributed by atoms with van der Waals surface area (Å²) in [6, 6.07) is 1.86. The average Bonchev–Trinajstić information content (AvgIpc) is 3.05. The summed E-state index contributed by atoms with van der Waals surface area (Å²) in [4.78, 5) is 8.24. The van der Waals surface area contributed by atoms with Gasteiger partial charge in [0.1, 0.15) is 12.5 Å². The van der Waals surface area contributed by atoms with Crippen molar-refractivity contribution in [2.45, 2.75) is 0 Å². The van der Waals surface area contributed by atoms with Gasteiger partial charge in [0.05, 0.1) is 0 Å². The molecular formula is C11H6N7. The maximum absolute atomic E-state index is 4.16. The lowest BCUT2D eigenvalue weighted by Crippen LogP contribution is -1.95. The van der Waals surface area contributed by atoms with Crippen LogP contribution in [0.15, 0.2) is 37.2 Å². The van der Waals surface area contributed by atoms with E-state index in [0.29, 0.717) is 11.4 Å². The SMILES string of the molecule is [c]1nc2nccn2cc1-c1ccnn2cnnc12. The third-order valence-electron chi connectivity index (χ3n) is 2.69. The van der Waals surface area contributed by atoms with Crippen LogP contribution in [0.4, 0.5) is 0 Å². The lowest BCUT2D eigenvalue weighted by molar-refractivity contribution is 0.927. The van der Waals surface area contributed by atoms with Crippen LogP contribution in [-0.2, 0) is 0 Å². The first-order chi connectivity index (χ1) is 8.92. The van der Waals surface area contributed by atoms with E-state index in [9.17, 15) is 0 Å². The van der Waals surface area contributed by atoms with Gasteiger partial charge in [0.2, 0.25) is 5.78 Å². The Morgan fingerprint density at radius 2 is 2.22 bits per heavy atom. The molecule has 0 fully saturated rings. The van der Waals surface area contributed by atoms with Gasteiger partial charge in [-0.2, -0.15) is 9.61 Å². The molecule has 0 amide bonds. The van der Waals surface area contributed by atoms with Crippen molar-refractivity contribution in [3.63, 3.8) is 0 Å². The van der Waals surface area contributed by atoms with Crippen molar-refractivity contribution in [3.8, 4) is 11.1 Å². The zero-order chi connectivity index (χ0) is 11.9. The van der Waals surface area contributed by atoms with Crippen LogP contribution in [0.25, 0.3) is 22.6 Å². The Balaban J connectivity index is 2.03. The van der Waals surface area contributed by atoms with Crippen LogP contribution < -0.4 is 0 Å². The summed E-state index contributed by atoms with van der Waals surface area (Å²) in [5, 5.41) is 12.0. The van der Waals surface area contributed by atoms with E-state index in [1.54, 1.807) is 23.2 Å². The Morgan fingerprint density at radius 1 is 1.22 bits per heavy atom. The monoisotopic (exact) mass is 236 g/mol. The number of hydrogen-bond acceptors (Lipinski definition) is 5. The summed E-state index contributed by atoms with van der Waals surface area (Å²) in [6.45, 7) is 0. The first kappa shape index (κ1) is 9.23. The van der Waals surface area contributed by atoms with Crippen molar-refractivity contribution in [3.05, 3.63) is 43.4 Å². The molecule has 18 heavy (non-hydrogen) atoms. The summed E-state index contributed by atoms with van der Waals surface area (Å²) in [5.74, 6) is 0.616.